The van der Waals surface area contributed by atoms with E-state index in [1.165, 1.54) is 0 Å². The Bertz CT molecular complexity index is 1270. The van der Waals surface area contributed by atoms with Crippen molar-refractivity contribution in [3.63, 3.8) is 0 Å². The Morgan fingerprint density at radius 1 is 1.19 bits per heavy atom. The summed E-state index contributed by atoms with van der Waals surface area (Å²) in [5.41, 5.74) is 2.66. The van der Waals surface area contributed by atoms with Gasteiger partial charge >= 0.3 is 0 Å². The first-order chi connectivity index (χ1) is 16.6. The summed E-state index contributed by atoms with van der Waals surface area (Å²) in [4.78, 5) is 38.2. The summed E-state index contributed by atoms with van der Waals surface area (Å²) in [7, 11) is 0. The molecule has 3 aliphatic rings. The van der Waals surface area contributed by atoms with Crippen molar-refractivity contribution in [1.29, 1.82) is 0 Å². The number of rotatable bonds is 3. The number of nitrogens with two attached hydrogens (primary N) is 1. The minimum atomic E-state index is -2.84. The summed E-state index contributed by atoms with van der Waals surface area (Å²) < 4.78 is 0. The number of benzene rings is 1. The van der Waals surface area contributed by atoms with Crippen molar-refractivity contribution in [1.82, 2.24) is 0 Å². The number of phenolic OH excluding ortho intramolecular Hbond substituents is 1. The van der Waals surface area contributed by atoms with Crippen LogP contribution in [0.5, 0.6) is 5.75 Å². The van der Waals surface area contributed by atoms with Crippen molar-refractivity contribution in [2.45, 2.75) is 76.9 Å². The molecule has 1 aromatic rings. The van der Waals surface area contributed by atoms with E-state index >= 15 is 0 Å². The molecule has 0 aromatic heterocycles. The first kappa shape index (κ1) is 25.9. The van der Waals surface area contributed by atoms with Crippen molar-refractivity contribution in [2.75, 3.05) is 0 Å². The molecule has 3 aliphatic carbocycles. The monoisotopic (exact) mass is 499 g/mol. The van der Waals surface area contributed by atoms with E-state index in [-0.39, 0.29) is 16.9 Å². The second kappa shape index (κ2) is 8.18. The van der Waals surface area contributed by atoms with Crippen LogP contribution in [0, 0.1) is 11.8 Å². The lowest BCUT2D eigenvalue weighted by atomic mass is 9.55. The number of phenols is 1. The van der Waals surface area contributed by atoms with Gasteiger partial charge in [-0.2, -0.15) is 0 Å². The van der Waals surface area contributed by atoms with Crippen LogP contribution in [0.3, 0.4) is 0 Å². The fourth-order valence-corrected chi connectivity index (χ4v) is 6.30. The standard InChI is InChI=1S/C27H33NO8/c1-6-7-11-8-12(26(3,4)5)20(30)18-15(11)10(2)16-19(22(18)32)24(34)27(36)13(21(16)31)9-14(29)17(23(27)33)25(28)35/h8,10,13,16,21,30-33,36H,6-7,9H2,1-5H3,(H2,28,35). The lowest BCUT2D eigenvalue weighted by Crippen LogP contribution is -2.64. The normalized spacial score (nSPS) is 30.2. The van der Waals surface area contributed by atoms with Gasteiger partial charge in [-0.1, -0.05) is 47.1 Å². The largest absolute Gasteiger partial charge is 0.508 e. The molecule has 7 N–H and O–H groups in total. The van der Waals surface area contributed by atoms with Gasteiger partial charge in [0.25, 0.3) is 5.91 Å². The van der Waals surface area contributed by atoms with Crippen LogP contribution < -0.4 is 5.73 Å². The molecule has 4 rings (SSSR count). The minimum absolute atomic E-state index is 0.0534. The first-order valence-corrected chi connectivity index (χ1v) is 12.1. The van der Waals surface area contributed by atoms with E-state index in [1.54, 1.807) is 6.92 Å². The fraction of sp³-hybridized carbons (Fsp3) is 0.519. The second-order valence-electron chi connectivity index (χ2n) is 11.2. The number of hydrogen-bond donors (Lipinski definition) is 6. The number of primary amides is 1. The maximum absolute atomic E-state index is 13.8. The van der Waals surface area contributed by atoms with Gasteiger partial charge in [-0.05, 0) is 28.9 Å². The highest BCUT2D eigenvalue weighted by Gasteiger charge is 2.65. The van der Waals surface area contributed by atoms with Gasteiger partial charge in [-0.25, -0.2) is 0 Å². The van der Waals surface area contributed by atoms with Crippen LogP contribution in [0.25, 0.3) is 5.76 Å². The number of aliphatic hydroxyl groups is 4. The molecule has 5 atom stereocenters. The number of fused-ring (bicyclic) bond motifs is 3. The number of amides is 1. The number of Topliss-reactive ketones (excluding diaryl/α,β-unsaturated/α-hetero) is 2. The van der Waals surface area contributed by atoms with E-state index in [0.29, 0.717) is 17.5 Å². The van der Waals surface area contributed by atoms with Gasteiger partial charge in [-0.3, -0.25) is 14.4 Å². The quantitative estimate of drug-likeness (QED) is 0.343. The van der Waals surface area contributed by atoms with Crippen LogP contribution in [-0.4, -0.2) is 54.7 Å². The van der Waals surface area contributed by atoms with Crippen molar-refractivity contribution in [2.24, 2.45) is 17.6 Å². The molecule has 5 unspecified atom stereocenters. The van der Waals surface area contributed by atoms with Gasteiger partial charge < -0.3 is 31.3 Å². The van der Waals surface area contributed by atoms with Gasteiger partial charge in [-0.15, -0.1) is 0 Å². The third-order valence-electron chi connectivity index (χ3n) is 8.01. The van der Waals surface area contributed by atoms with Crippen molar-refractivity contribution < 1.29 is 39.9 Å². The second-order valence-corrected chi connectivity index (χ2v) is 11.2. The molecular weight excluding hydrogens is 466 g/mol. The van der Waals surface area contributed by atoms with Crippen LogP contribution in [0.1, 0.15) is 75.6 Å². The highest BCUT2D eigenvalue weighted by atomic mass is 16.4. The highest BCUT2D eigenvalue weighted by Crippen LogP contribution is 2.57. The molecule has 194 valence electrons. The minimum Gasteiger partial charge on any atom is -0.508 e. The zero-order chi connectivity index (χ0) is 27.1. The Labute approximate surface area is 208 Å². The molecule has 1 saturated carbocycles. The van der Waals surface area contributed by atoms with Crippen LogP contribution >= 0.6 is 0 Å². The summed E-state index contributed by atoms with van der Waals surface area (Å²) in [5.74, 6) is -8.45. The van der Waals surface area contributed by atoms with E-state index in [2.05, 4.69) is 0 Å². The van der Waals surface area contributed by atoms with Crippen LogP contribution in [0.2, 0.25) is 0 Å². The predicted octanol–water partition coefficient (Wildman–Crippen LogP) is 2.21. The van der Waals surface area contributed by atoms with E-state index in [0.717, 1.165) is 12.0 Å². The van der Waals surface area contributed by atoms with E-state index in [4.69, 9.17) is 5.73 Å². The van der Waals surface area contributed by atoms with Crippen LogP contribution in [0.15, 0.2) is 23.0 Å². The molecule has 0 aliphatic heterocycles. The van der Waals surface area contributed by atoms with Crippen LogP contribution in [-0.2, 0) is 26.2 Å². The Kier molecular flexibility index (Phi) is 5.88. The zero-order valence-corrected chi connectivity index (χ0v) is 21.0. The maximum atomic E-state index is 13.8. The van der Waals surface area contributed by atoms with Gasteiger partial charge in [0.1, 0.15) is 22.8 Å². The molecule has 0 heterocycles. The summed E-state index contributed by atoms with van der Waals surface area (Å²) in [6.07, 6.45) is -0.742. The summed E-state index contributed by atoms with van der Waals surface area (Å²) in [5, 5.41) is 56.3. The number of carbonyl (C=O) groups excluding carboxylic acids is 3. The van der Waals surface area contributed by atoms with Gasteiger partial charge in [0.05, 0.1) is 11.7 Å². The zero-order valence-electron chi connectivity index (χ0n) is 21.0. The molecular formula is C27H33NO8. The topological polar surface area (TPSA) is 178 Å². The average molecular weight is 500 g/mol. The molecule has 1 amide bonds. The predicted molar refractivity (Wildman–Crippen MR) is 130 cm³/mol. The smallest absolute Gasteiger partial charge is 0.255 e. The number of aliphatic hydroxyl groups excluding tert-OH is 3. The summed E-state index contributed by atoms with van der Waals surface area (Å²) >= 11 is 0. The Hall–Kier alpha value is -3.17. The van der Waals surface area contributed by atoms with Crippen molar-refractivity contribution >= 4 is 23.2 Å². The Balaban J connectivity index is 2.07. The van der Waals surface area contributed by atoms with E-state index in [1.807, 2.05) is 33.8 Å². The number of ketones is 2. The molecule has 9 nitrogen and oxygen atoms in total. The Morgan fingerprint density at radius 2 is 1.81 bits per heavy atom. The lowest BCUT2D eigenvalue weighted by Gasteiger charge is -2.50. The average Bonchev–Trinajstić information content (AvgIpc) is 2.76. The lowest BCUT2D eigenvalue weighted by molar-refractivity contribution is -0.160. The van der Waals surface area contributed by atoms with Crippen molar-refractivity contribution in [3.05, 3.63) is 45.2 Å². The van der Waals surface area contributed by atoms with Crippen LogP contribution in [0.4, 0.5) is 0 Å². The van der Waals surface area contributed by atoms with Crippen molar-refractivity contribution in [3.8, 4) is 5.75 Å². The molecule has 1 aromatic carbocycles. The number of aromatic hydroxyl groups is 1. The number of hydrogen-bond acceptors (Lipinski definition) is 8. The summed E-state index contributed by atoms with van der Waals surface area (Å²) in [6.45, 7) is 9.45. The highest BCUT2D eigenvalue weighted by molar-refractivity contribution is 6.23. The molecule has 36 heavy (non-hydrogen) atoms. The molecule has 0 saturated heterocycles. The number of aryl methyl sites for hydroxylation is 1. The van der Waals surface area contributed by atoms with Gasteiger partial charge in [0, 0.05) is 29.4 Å². The molecule has 0 radical (unpaired) electrons. The third-order valence-corrected chi connectivity index (χ3v) is 8.01. The van der Waals surface area contributed by atoms with Gasteiger partial charge in [0.15, 0.2) is 11.4 Å². The number of carbonyl (C=O) groups is 3. The molecule has 9 heteroatoms. The Morgan fingerprint density at radius 3 is 2.33 bits per heavy atom. The molecule has 1 fully saturated rings. The maximum Gasteiger partial charge on any atom is 0.255 e. The first-order valence-electron chi connectivity index (χ1n) is 12.1. The molecule has 0 bridgehead atoms. The third kappa shape index (κ3) is 3.25. The SMILES string of the molecule is CCCc1cc(C(C)(C)C)c(O)c2c1C(C)C1C(=C2O)C(=O)C2(O)C(O)=C(C(N)=O)C(=O)CC2C1O. The summed E-state index contributed by atoms with van der Waals surface area (Å²) in [6, 6.07) is 1.89. The fourth-order valence-electron chi connectivity index (χ4n) is 6.30. The molecule has 0 spiro atoms. The van der Waals surface area contributed by atoms with E-state index < -0.39 is 75.9 Å². The van der Waals surface area contributed by atoms with E-state index in [9.17, 15) is 39.9 Å². The van der Waals surface area contributed by atoms with Gasteiger partial charge in [0.2, 0.25) is 5.78 Å².